The first kappa shape index (κ1) is 19.6. The molecule has 0 unspecified atom stereocenters. The second-order valence-corrected chi connectivity index (χ2v) is 7.89. The average molecular weight is 412 g/mol. The molecule has 1 aromatic carbocycles. The van der Waals surface area contributed by atoms with Crippen LogP contribution in [0.2, 0.25) is 0 Å². The Hall–Kier alpha value is -2.74. The quantitative estimate of drug-likeness (QED) is 0.595. The van der Waals surface area contributed by atoms with Crippen LogP contribution < -0.4 is 0 Å². The normalized spacial score (nSPS) is 14.6. The Bertz CT molecular complexity index is 953. The molecule has 0 bridgehead atoms. The van der Waals surface area contributed by atoms with Crippen molar-refractivity contribution in [3.63, 3.8) is 0 Å². The van der Waals surface area contributed by atoms with Crippen molar-refractivity contribution in [2.45, 2.75) is 30.8 Å². The maximum atomic E-state index is 13.4. The summed E-state index contributed by atoms with van der Waals surface area (Å²) in [6.07, 6.45) is 7.90. The van der Waals surface area contributed by atoms with Gasteiger partial charge in [-0.3, -0.25) is 14.3 Å². The van der Waals surface area contributed by atoms with E-state index in [2.05, 4.69) is 15.2 Å². The Morgan fingerprint density at radius 3 is 2.48 bits per heavy atom. The lowest BCUT2D eigenvalue weighted by Crippen LogP contribution is -2.33. The summed E-state index contributed by atoms with van der Waals surface area (Å²) in [6, 6.07) is 9.89. The molecule has 1 aliphatic heterocycles. The van der Waals surface area contributed by atoms with Gasteiger partial charge in [0, 0.05) is 36.7 Å². The average Bonchev–Trinajstić information content (AvgIpc) is 2.98. The van der Waals surface area contributed by atoms with Crippen LogP contribution in [0.3, 0.4) is 0 Å². The molecule has 3 heterocycles. The minimum atomic E-state index is -0.310. The number of thioether (sulfide) groups is 1. The summed E-state index contributed by atoms with van der Waals surface area (Å²) >= 11 is 1.35. The Morgan fingerprint density at radius 2 is 1.79 bits per heavy atom. The minimum Gasteiger partial charge on any atom is -0.342 e. The fourth-order valence-electron chi connectivity index (χ4n) is 3.41. The van der Waals surface area contributed by atoms with Gasteiger partial charge in [-0.25, -0.2) is 4.39 Å². The molecule has 0 aliphatic carbocycles. The second kappa shape index (κ2) is 9.17. The Labute approximate surface area is 173 Å². The summed E-state index contributed by atoms with van der Waals surface area (Å²) in [6.45, 7) is 1.65. The monoisotopic (exact) mass is 411 g/mol. The number of halogens is 1. The first-order valence-corrected chi connectivity index (χ1v) is 10.7. The van der Waals surface area contributed by atoms with Gasteiger partial charge < -0.3 is 4.90 Å². The predicted molar refractivity (Wildman–Crippen MR) is 110 cm³/mol. The number of nitrogens with zero attached hydrogens (tertiary/aromatic N) is 5. The van der Waals surface area contributed by atoms with Crippen molar-refractivity contribution in [2.24, 2.45) is 0 Å². The molecule has 4 rings (SSSR count). The minimum absolute atomic E-state index is 0.119. The van der Waals surface area contributed by atoms with Gasteiger partial charge in [-0.1, -0.05) is 24.6 Å². The van der Waals surface area contributed by atoms with E-state index in [-0.39, 0.29) is 11.7 Å². The van der Waals surface area contributed by atoms with Gasteiger partial charge in [0.05, 0.1) is 5.75 Å². The van der Waals surface area contributed by atoms with Crippen LogP contribution in [0.4, 0.5) is 4.39 Å². The molecule has 0 spiro atoms. The number of rotatable bonds is 5. The summed E-state index contributed by atoms with van der Waals surface area (Å²) < 4.78 is 15.3. The molecule has 0 saturated carbocycles. The van der Waals surface area contributed by atoms with Crippen LogP contribution in [0.5, 0.6) is 0 Å². The van der Waals surface area contributed by atoms with Gasteiger partial charge in [-0.15, -0.1) is 10.2 Å². The zero-order valence-electron chi connectivity index (χ0n) is 16.0. The van der Waals surface area contributed by atoms with Crippen LogP contribution in [0.15, 0.2) is 53.9 Å². The zero-order valence-corrected chi connectivity index (χ0v) is 16.8. The number of pyridine rings is 1. The van der Waals surface area contributed by atoms with E-state index in [4.69, 9.17) is 0 Å². The van der Waals surface area contributed by atoms with Crippen LogP contribution in [-0.2, 0) is 4.79 Å². The van der Waals surface area contributed by atoms with Crippen LogP contribution in [-0.4, -0.2) is 49.4 Å². The van der Waals surface area contributed by atoms with Crippen molar-refractivity contribution in [2.75, 3.05) is 18.8 Å². The molecule has 0 N–H and O–H groups in total. The lowest BCUT2D eigenvalue weighted by atomic mass is 10.2. The molecule has 1 amide bonds. The van der Waals surface area contributed by atoms with E-state index >= 15 is 0 Å². The van der Waals surface area contributed by atoms with Crippen LogP contribution in [0.25, 0.3) is 17.1 Å². The third-order valence-corrected chi connectivity index (χ3v) is 5.84. The van der Waals surface area contributed by atoms with Crippen molar-refractivity contribution >= 4 is 17.7 Å². The van der Waals surface area contributed by atoms with E-state index in [1.165, 1.54) is 36.7 Å². The lowest BCUT2D eigenvalue weighted by Gasteiger charge is -2.20. The molecule has 1 aliphatic rings. The standard InChI is InChI=1S/C21H22FN5OS/c22-17-7-9-18(10-8-17)27-20(16-6-5-11-23-14-16)24-25-21(27)29-15-19(28)26-12-3-1-2-4-13-26/h5-11,14H,1-4,12-13,15H2. The van der Waals surface area contributed by atoms with Crippen molar-refractivity contribution in [3.05, 3.63) is 54.6 Å². The maximum absolute atomic E-state index is 13.4. The van der Waals surface area contributed by atoms with E-state index < -0.39 is 0 Å². The summed E-state index contributed by atoms with van der Waals surface area (Å²) in [5.41, 5.74) is 1.54. The highest BCUT2D eigenvalue weighted by molar-refractivity contribution is 7.99. The third-order valence-electron chi connectivity index (χ3n) is 4.92. The maximum Gasteiger partial charge on any atom is 0.233 e. The number of likely N-dealkylation sites (tertiary alicyclic amines) is 1. The molecule has 0 radical (unpaired) electrons. The Kier molecular flexibility index (Phi) is 6.19. The van der Waals surface area contributed by atoms with Gasteiger partial charge in [0.1, 0.15) is 5.82 Å². The molecule has 6 nitrogen and oxygen atoms in total. The largest absolute Gasteiger partial charge is 0.342 e. The fourth-order valence-corrected chi connectivity index (χ4v) is 4.26. The van der Waals surface area contributed by atoms with Crippen LogP contribution in [0, 0.1) is 5.82 Å². The molecular formula is C21H22FN5OS. The van der Waals surface area contributed by atoms with Crippen molar-refractivity contribution < 1.29 is 9.18 Å². The van der Waals surface area contributed by atoms with E-state index in [0.717, 1.165) is 37.2 Å². The number of carbonyl (C=O) groups excluding carboxylic acids is 1. The van der Waals surface area contributed by atoms with E-state index in [1.807, 2.05) is 21.6 Å². The summed E-state index contributed by atoms with van der Waals surface area (Å²) in [7, 11) is 0. The molecule has 1 fully saturated rings. The molecule has 3 aromatic rings. The number of aromatic nitrogens is 4. The summed E-state index contributed by atoms with van der Waals surface area (Å²) in [5.74, 6) is 0.713. The number of hydrogen-bond acceptors (Lipinski definition) is 5. The van der Waals surface area contributed by atoms with E-state index in [0.29, 0.717) is 16.7 Å². The van der Waals surface area contributed by atoms with Crippen molar-refractivity contribution in [3.8, 4) is 17.1 Å². The van der Waals surface area contributed by atoms with Crippen LogP contribution >= 0.6 is 11.8 Å². The van der Waals surface area contributed by atoms with Gasteiger partial charge in [-0.2, -0.15) is 0 Å². The van der Waals surface area contributed by atoms with Crippen molar-refractivity contribution in [1.82, 2.24) is 24.6 Å². The van der Waals surface area contributed by atoms with E-state index in [1.54, 1.807) is 24.5 Å². The highest BCUT2D eigenvalue weighted by Gasteiger charge is 2.20. The number of hydrogen-bond donors (Lipinski definition) is 0. The van der Waals surface area contributed by atoms with Gasteiger partial charge in [0.2, 0.25) is 5.91 Å². The SMILES string of the molecule is O=C(CSc1nnc(-c2cccnc2)n1-c1ccc(F)cc1)N1CCCCCC1. The Morgan fingerprint density at radius 1 is 1.03 bits per heavy atom. The molecular weight excluding hydrogens is 389 g/mol. The number of benzene rings is 1. The Balaban J connectivity index is 1.60. The third kappa shape index (κ3) is 4.64. The molecule has 8 heteroatoms. The predicted octanol–water partition coefficient (Wildman–Crippen LogP) is 3.96. The molecule has 150 valence electrons. The van der Waals surface area contributed by atoms with Gasteiger partial charge in [0.25, 0.3) is 0 Å². The molecule has 29 heavy (non-hydrogen) atoms. The van der Waals surface area contributed by atoms with Gasteiger partial charge in [0.15, 0.2) is 11.0 Å². The first-order valence-electron chi connectivity index (χ1n) is 9.75. The number of carbonyl (C=O) groups is 1. The van der Waals surface area contributed by atoms with Gasteiger partial charge >= 0.3 is 0 Å². The summed E-state index contributed by atoms with van der Waals surface area (Å²) in [4.78, 5) is 18.8. The number of amides is 1. The molecule has 1 saturated heterocycles. The lowest BCUT2D eigenvalue weighted by molar-refractivity contribution is -0.128. The first-order chi connectivity index (χ1) is 14.2. The van der Waals surface area contributed by atoms with Gasteiger partial charge in [-0.05, 0) is 49.2 Å². The smallest absolute Gasteiger partial charge is 0.233 e. The topological polar surface area (TPSA) is 63.9 Å². The fraction of sp³-hybridized carbons (Fsp3) is 0.333. The molecule has 2 aromatic heterocycles. The second-order valence-electron chi connectivity index (χ2n) is 6.94. The van der Waals surface area contributed by atoms with E-state index in [9.17, 15) is 9.18 Å². The summed E-state index contributed by atoms with van der Waals surface area (Å²) in [5, 5.41) is 9.23. The van der Waals surface area contributed by atoms with Crippen LogP contribution in [0.1, 0.15) is 25.7 Å². The molecule has 0 atom stereocenters. The highest BCUT2D eigenvalue weighted by atomic mass is 32.2. The zero-order chi connectivity index (χ0) is 20.1. The highest BCUT2D eigenvalue weighted by Crippen LogP contribution is 2.28. The van der Waals surface area contributed by atoms with Crippen molar-refractivity contribution in [1.29, 1.82) is 0 Å².